The molecule has 1 unspecified atom stereocenters. The lowest BCUT2D eigenvalue weighted by atomic mass is 10.2. The SMILES string of the molecule is N#CN1CC2C[C@]2(NC(=O)c2ncc(-c3cnccc3Sc3ccc(F)cc3)s2)C1. The molecular formula is C21H16FN5OS2. The van der Waals surface area contributed by atoms with Gasteiger partial charge in [0, 0.05) is 46.4 Å². The first-order chi connectivity index (χ1) is 14.6. The monoisotopic (exact) mass is 437 g/mol. The van der Waals surface area contributed by atoms with E-state index in [2.05, 4.69) is 21.5 Å². The smallest absolute Gasteiger partial charge is 0.280 e. The minimum absolute atomic E-state index is 0.204. The van der Waals surface area contributed by atoms with Crippen LogP contribution in [-0.2, 0) is 0 Å². The van der Waals surface area contributed by atoms with Gasteiger partial charge in [-0.05, 0) is 36.8 Å². The van der Waals surface area contributed by atoms with Crippen LogP contribution in [0, 0.1) is 23.2 Å². The van der Waals surface area contributed by atoms with Crippen molar-refractivity contribution in [2.75, 3.05) is 13.1 Å². The third kappa shape index (κ3) is 3.53. The molecule has 2 fully saturated rings. The first-order valence-corrected chi connectivity index (χ1v) is 11.0. The number of aromatic nitrogens is 2. The Morgan fingerprint density at radius 2 is 2.17 bits per heavy atom. The van der Waals surface area contributed by atoms with Crippen LogP contribution in [0.4, 0.5) is 4.39 Å². The molecule has 1 saturated heterocycles. The fourth-order valence-electron chi connectivity index (χ4n) is 3.82. The number of fused-ring (bicyclic) bond motifs is 1. The van der Waals surface area contributed by atoms with Crippen molar-refractivity contribution >= 4 is 29.0 Å². The van der Waals surface area contributed by atoms with Crippen molar-refractivity contribution in [2.24, 2.45) is 5.92 Å². The van der Waals surface area contributed by atoms with Gasteiger partial charge in [0.05, 0.1) is 17.0 Å². The summed E-state index contributed by atoms with van der Waals surface area (Å²) in [6, 6.07) is 8.21. The minimum Gasteiger partial charge on any atom is -0.342 e. The Balaban J connectivity index is 1.34. The molecule has 2 aromatic heterocycles. The summed E-state index contributed by atoms with van der Waals surface area (Å²) in [6.45, 7) is 1.28. The number of rotatable bonds is 5. The second-order valence-electron chi connectivity index (χ2n) is 7.45. The van der Waals surface area contributed by atoms with E-state index in [0.29, 0.717) is 24.0 Å². The molecule has 1 saturated carbocycles. The van der Waals surface area contributed by atoms with E-state index in [4.69, 9.17) is 5.26 Å². The van der Waals surface area contributed by atoms with Gasteiger partial charge in [-0.25, -0.2) is 9.37 Å². The van der Waals surface area contributed by atoms with E-state index in [1.807, 2.05) is 6.07 Å². The molecule has 1 amide bonds. The number of hydrogen-bond acceptors (Lipinski definition) is 7. The zero-order chi connectivity index (χ0) is 20.7. The van der Waals surface area contributed by atoms with Gasteiger partial charge in [-0.2, -0.15) is 5.26 Å². The summed E-state index contributed by atoms with van der Waals surface area (Å²) in [7, 11) is 0. The molecule has 1 N–H and O–H groups in total. The van der Waals surface area contributed by atoms with Crippen molar-refractivity contribution in [3.63, 3.8) is 0 Å². The molecule has 0 spiro atoms. The van der Waals surface area contributed by atoms with Crippen molar-refractivity contribution in [2.45, 2.75) is 21.8 Å². The number of piperidine rings is 1. The van der Waals surface area contributed by atoms with E-state index < -0.39 is 0 Å². The highest BCUT2D eigenvalue weighted by molar-refractivity contribution is 7.99. The van der Waals surface area contributed by atoms with Gasteiger partial charge in [-0.1, -0.05) is 11.8 Å². The van der Waals surface area contributed by atoms with E-state index in [1.54, 1.807) is 35.6 Å². The number of amides is 1. The number of thiazole rings is 1. The molecular weight excluding hydrogens is 421 g/mol. The van der Waals surface area contributed by atoms with Gasteiger partial charge in [0.15, 0.2) is 11.2 Å². The molecule has 30 heavy (non-hydrogen) atoms. The average Bonchev–Trinajstić information content (AvgIpc) is 3.10. The number of nitrogens with zero attached hydrogens (tertiary/aromatic N) is 4. The van der Waals surface area contributed by atoms with Crippen LogP contribution >= 0.6 is 23.1 Å². The number of pyridine rings is 1. The largest absolute Gasteiger partial charge is 0.342 e. The highest BCUT2D eigenvalue weighted by atomic mass is 32.2. The first-order valence-electron chi connectivity index (χ1n) is 9.37. The van der Waals surface area contributed by atoms with Crippen LogP contribution in [0.2, 0.25) is 0 Å². The highest BCUT2D eigenvalue weighted by Crippen LogP contribution is 2.49. The maximum Gasteiger partial charge on any atom is 0.280 e. The van der Waals surface area contributed by atoms with Gasteiger partial charge in [-0.15, -0.1) is 11.3 Å². The molecule has 1 aliphatic heterocycles. The molecule has 5 rings (SSSR count). The second-order valence-corrected chi connectivity index (χ2v) is 9.60. The molecule has 9 heteroatoms. The number of nitriles is 1. The van der Waals surface area contributed by atoms with Crippen molar-refractivity contribution < 1.29 is 9.18 Å². The molecule has 1 aliphatic carbocycles. The molecule has 2 aliphatic rings. The first kappa shape index (κ1) is 19.0. The topological polar surface area (TPSA) is 81.9 Å². The third-order valence-electron chi connectivity index (χ3n) is 5.44. The molecule has 0 bridgehead atoms. The maximum atomic E-state index is 13.2. The Hall–Kier alpha value is -2.96. The lowest BCUT2D eigenvalue weighted by Gasteiger charge is -2.16. The van der Waals surface area contributed by atoms with Crippen molar-refractivity contribution in [1.82, 2.24) is 20.2 Å². The summed E-state index contributed by atoms with van der Waals surface area (Å²) in [5.74, 6) is -0.132. The van der Waals surface area contributed by atoms with Gasteiger partial charge in [-0.3, -0.25) is 9.78 Å². The number of benzene rings is 1. The number of hydrogen-bond donors (Lipinski definition) is 1. The van der Waals surface area contributed by atoms with Gasteiger partial charge < -0.3 is 10.2 Å². The molecule has 3 aromatic rings. The molecule has 150 valence electrons. The summed E-state index contributed by atoms with van der Waals surface area (Å²) < 4.78 is 13.2. The van der Waals surface area contributed by atoms with E-state index in [9.17, 15) is 9.18 Å². The van der Waals surface area contributed by atoms with Gasteiger partial charge in [0.1, 0.15) is 5.82 Å². The Labute approximate surface area is 180 Å². The normalized spacial score (nSPS) is 21.7. The predicted octanol–water partition coefficient (Wildman–Crippen LogP) is 3.78. The number of nitrogens with one attached hydrogen (secondary N) is 1. The van der Waals surface area contributed by atoms with E-state index >= 15 is 0 Å². The summed E-state index contributed by atoms with van der Waals surface area (Å²) in [5.41, 5.74) is 0.596. The zero-order valence-electron chi connectivity index (χ0n) is 15.7. The summed E-state index contributed by atoms with van der Waals surface area (Å²) in [6.07, 6.45) is 8.21. The van der Waals surface area contributed by atoms with Crippen molar-refractivity contribution in [1.29, 1.82) is 5.26 Å². The van der Waals surface area contributed by atoms with Crippen molar-refractivity contribution in [3.8, 4) is 16.6 Å². The molecule has 2 atom stereocenters. The van der Waals surface area contributed by atoms with Crippen LogP contribution in [0.5, 0.6) is 0 Å². The van der Waals surface area contributed by atoms with Crippen LogP contribution in [0.15, 0.2) is 58.7 Å². The molecule has 6 nitrogen and oxygen atoms in total. The van der Waals surface area contributed by atoms with Crippen LogP contribution in [-0.4, -0.2) is 39.4 Å². The van der Waals surface area contributed by atoms with Crippen LogP contribution in [0.1, 0.15) is 16.2 Å². The number of carbonyl (C=O) groups is 1. The second kappa shape index (κ2) is 7.38. The number of likely N-dealkylation sites (tertiary alicyclic amines) is 1. The van der Waals surface area contributed by atoms with E-state index in [1.165, 1.54) is 35.2 Å². The standard InChI is InChI=1S/C21H16FN5OS2/c22-14-1-3-15(4-2-14)29-17-5-6-24-8-16(17)18-9-25-20(30-18)19(28)26-21-7-13(21)10-27(11-21)12-23/h1-6,8-9,13H,7,10-11H2,(H,26,28)/t13?,21-/m0/s1. The van der Waals surface area contributed by atoms with Gasteiger partial charge >= 0.3 is 0 Å². The quantitative estimate of drug-likeness (QED) is 0.612. The highest BCUT2D eigenvalue weighted by Gasteiger charge is 2.61. The van der Waals surface area contributed by atoms with Gasteiger partial charge in [0.25, 0.3) is 5.91 Å². The van der Waals surface area contributed by atoms with Crippen molar-refractivity contribution in [3.05, 3.63) is 59.7 Å². The number of halogens is 1. The van der Waals surface area contributed by atoms with Crippen LogP contribution in [0.25, 0.3) is 10.4 Å². The fraction of sp³-hybridized carbons (Fsp3) is 0.238. The summed E-state index contributed by atoms with van der Waals surface area (Å²) >= 11 is 2.82. The maximum absolute atomic E-state index is 13.2. The average molecular weight is 438 g/mol. The fourth-order valence-corrected chi connectivity index (χ4v) is 5.65. The zero-order valence-corrected chi connectivity index (χ0v) is 17.3. The molecule has 3 heterocycles. The number of carbonyl (C=O) groups excluding carboxylic acids is 1. The molecule has 1 aromatic carbocycles. The lowest BCUT2D eigenvalue weighted by molar-refractivity contribution is 0.0929. The third-order valence-corrected chi connectivity index (χ3v) is 7.55. The van der Waals surface area contributed by atoms with Crippen LogP contribution in [0.3, 0.4) is 0 Å². The minimum atomic E-state index is -0.281. The Kier molecular flexibility index (Phi) is 4.68. The predicted molar refractivity (Wildman–Crippen MR) is 111 cm³/mol. The Morgan fingerprint density at radius 3 is 2.93 bits per heavy atom. The van der Waals surface area contributed by atoms with E-state index in [0.717, 1.165) is 26.7 Å². The summed E-state index contributed by atoms with van der Waals surface area (Å²) in [5, 5.41) is 12.6. The van der Waals surface area contributed by atoms with Crippen LogP contribution < -0.4 is 5.32 Å². The lowest BCUT2D eigenvalue weighted by Crippen LogP contribution is -2.41. The summed E-state index contributed by atoms with van der Waals surface area (Å²) in [4.78, 5) is 25.7. The molecule has 0 radical (unpaired) electrons. The van der Waals surface area contributed by atoms with Gasteiger partial charge in [0.2, 0.25) is 0 Å². The Morgan fingerprint density at radius 1 is 1.33 bits per heavy atom. The Bertz CT molecular complexity index is 1160. The van der Waals surface area contributed by atoms with E-state index in [-0.39, 0.29) is 17.3 Å².